The van der Waals surface area contributed by atoms with Gasteiger partial charge in [-0.2, -0.15) is 4.98 Å². The summed E-state index contributed by atoms with van der Waals surface area (Å²) in [5, 5.41) is 4.03. The fraction of sp³-hybridized carbons (Fsp3) is 0.125. The SMILES string of the molecule is Cc1cccc(-c2nc(Cc3ccccc3)no2)c1. The van der Waals surface area contributed by atoms with Crippen molar-refractivity contribution in [1.82, 2.24) is 10.1 Å². The van der Waals surface area contributed by atoms with E-state index in [1.165, 1.54) is 11.1 Å². The Morgan fingerprint density at radius 2 is 1.84 bits per heavy atom. The van der Waals surface area contributed by atoms with Gasteiger partial charge in [0.15, 0.2) is 5.82 Å². The number of aryl methyl sites for hydroxylation is 1. The van der Waals surface area contributed by atoms with Gasteiger partial charge in [0.1, 0.15) is 0 Å². The van der Waals surface area contributed by atoms with Crippen LogP contribution in [0.4, 0.5) is 0 Å². The second-order valence-corrected chi connectivity index (χ2v) is 4.55. The third-order valence-corrected chi connectivity index (χ3v) is 2.94. The molecule has 0 aliphatic heterocycles. The Kier molecular flexibility index (Phi) is 3.11. The quantitative estimate of drug-likeness (QED) is 0.712. The monoisotopic (exact) mass is 250 g/mol. The molecule has 94 valence electrons. The standard InChI is InChI=1S/C16H14N2O/c1-12-6-5-9-14(10-12)16-17-15(18-19-16)11-13-7-3-2-4-8-13/h2-10H,11H2,1H3. The van der Waals surface area contributed by atoms with E-state index in [2.05, 4.69) is 22.3 Å². The van der Waals surface area contributed by atoms with Crippen molar-refractivity contribution in [2.45, 2.75) is 13.3 Å². The zero-order valence-corrected chi connectivity index (χ0v) is 10.7. The van der Waals surface area contributed by atoms with Crippen LogP contribution in [0.3, 0.4) is 0 Å². The van der Waals surface area contributed by atoms with Crippen molar-refractivity contribution in [3.63, 3.8) is 0 Å². The highest BCUT2D eigenvalue weighted by Crippen LogP contribution is 2.19. The Bertz CT molecular complexity index is 674. The summed E-state index contributed by atoms with van der Waals surface area (Å²) in [5.41, 5.74) is 3.33. The smallest absolute Gasteiger partial charge is 0.257 e. The first-order chi connectivity index (χ1) is 9.31. The van der Waals surface area contributed by atoms with E-state index >= 15 is 0 Å². The van der Waals surface area contributed by atoms with E-state index < -0.39 is 0 Å². The minimum atomic E-state index is 0.578. The Labute approximate surface area is 111 Å². The van der Waals surface area contributed by atoms with Crippen LogP contribution >= 0.6 is 0 Å². The summed E-state index contributed by atoms with van der Waals surface area (Å²) in [6, 6.07) is 18.2. The van der Waals surface area contributed by atoms with E-state index in [0.717, 1.165) is 5.56 Å². The molecule has 19 heavy (non-hydrogen) atoms. The van der Waals surface area contributed by atoms with Crippen molar-refractivity contribution < 1.29 is 4.52 Å². The maximum absolute atomic E-state index is 5.32. The second-order valence-electron chi connectivity index (χ2n) is 4.55. The molecule has 3 aromatic rings. The summed E-state index contributed by atoms with van der Waals surface area (Å²) < 4.78 is 5.32. The van der Waals surface area contributed by atoms with Crippen LogP contribution in [0.25, 0.3) is 11.5 Å². The minimum absolute atomic E-state index is 0.578. The van der Waals surface area contributed by atoms with Gasteiger partial charge in [-0.3, -0.25) is 0 Å². The lowest BCUT2D eigenvalue weighted by molar-refractivity contribution is 0.424. The molecular weight excluding hydrogens is 236 g/mol. The van der Waals surface area contributed by atoms with Crippen LogP contribution < -0.4 is 0 Å². The first-order valence-corrected chi connectivity index (χ1v) is 6.25. The summed E-state index contributed by atoms with van der Waals surface area (Å²) in [5.74, 6) is 1.29. The molecule has 0 unspecified atom stereocenters. The molecule has 0 aliphatic rings. The van der Waals surface area contributed by atoms with Crippen molar-refractivity contribution in [1.29, 1.82) is 0 Å². The largest absolute Gasteiger partial charge is 0.334 e. The minimum Gasteiger partial charge on any atom is -0.334 e. The third kappa shape index (κ3) is 2.71. The van der Waals surface area contributed by atoms with E-state index in [1.807, 2.05) is 49.4 Å². The summed E-state index contributed by atoms with van der Waals surface area (Å²) >= 11 is 0. The van der Waals surface area contributed by atoms with Crippen LogP contribution in [-0.4, -0.2) is 10.1 Å². The van der Waals surface area contributed by atoms with Gasteiger partial charge in [-0.05, 0) is 24.6 Å². The molecule has 0 fully saturated rings. The number of rotatable bonds is 3. The zero-order valence-electron chi connectivity index (χ0n) is 10.7. The Hall–Kier alpha value is -2.42. The summed E-state index contributed by atoms with van der Waals surface area (Å²) in [6.45, 7) is 2.05. The normalized spacial score (nSPS) is 10.6. The topological polar surface area (TPSA) is 38.9 Å². The fourth-order valence-electron chi connectivity index (χ4n) is 2.00. The van der Waals surface area contributed by atoms with E-state index in [1.54, 1.807) is 0 Å². The molecule has 3 nitrogen and oxygen atoms in total. The molecular formula is C16H14N2O. The van der Waals surface area contributed by atoms with Crippen LogP contribution in [0.1, 0.15) is 17.0 Å². The molecule has 0 aliphatic carbocycles. The number of benzene rings is 2. The highest BCUT2D eigenvalue weighted by atomic mass is 16.5. The average molecular weight is 250 g/mol. The predicted molar refractivity (Wildman–Crippen MR) is 73.7 cm³/mol. The van der Waals surface area contributed by atoms with Crippen LogP contribution in [0.15, 0.2) is 59.1 Å². The molecule has 0 spiro atoms. The molecule has 0 saturated heterocycles. The lowest BCUT2D eigenvalue weighted by atomic mass is 10.1. The lowest BCUT2D eigenvalue weighted by Crippen LogP contribution is -1.90. The van der Waals surface area contributed by atoms with Crippen LogP contribution in [0.5, 0.6) is 0 Å². The van der Waals surface area contributed by atoms with E-state index in [0.29, 0.717) is 18.1 Å². The van der Waals surface area contributed by atoms with E-state index in [-0.39, 0.29) is 0 Å². The molecule has 0 N–H and O–H groups in total. The van der Waals surface area contributed by atoms with E-state index in [4.69, 9.17) is 4.52 Å². The maximum Gasteiger partial charge on any atom is 0.257 e. The van der Waals surface area contributed by atoms with Crippen molar-refractivity contribution in [2.24, 2.45) is 0 Å². The Morgan fingerprint density at radius 1 is 1.00 bits per heavy atom. The van der Waals surface area contributed by atoms with Crippen LogP contribution in [-0.2, 0) is 6.42 Å². The van der Waals surface area contributed by atoms with Crippen molar-refractivity contribution >= 4 is 0 Å². The van der Waals surface area contributed by atoms with Gasteiger partial charge < -0.3 is 4.52 Å². The fourth-order valence-corrected chi connectivity index (χ4v) is 2.00. The van der Waals surface area contributed by atoms with Crippen molar-refractivity contribution in [3.8, 4) is 11.5 Å². The van der Waals surface area contributed by atoms with Gasteiger partial charge in [0, 0.05) is 12.0 Å². The first-order valence-electron chi connectivity index (χ1n) is 6.25. The van der Waals surface area contributed by atoms with Crippen LogP contribution in [0, 0.1) is 6.92 Å². The van der Waals surface area contributed by atoms with Gasteiger partial charge >= 0.3 is 0 Å². The zero-order chi connectivity index (χ0) is 13.1. The third-order valence-electron chi connectivity index (χ3n) is 2.94. The predicted octanol–water partition coefficient (Wildman–Crippen LogP) is 3.64. The van der Waals surface area contributed by atoms with E-state index in [9.17, 15) is 0 Å². The van der Waals surface area contributed by atoms with Gasteiger partial charge in [0.25, 0.3) is 5.89 Å². The summed E-state index contributed by atoms with van der Waals surface area (Å²) in [6.07, 6.45) is 0.691. The molecule has 1 heterocycles. The average Bonchev–Trinajstić information content (AvgIpc) is 2.88. The molecule has 3 rings (SSSR count). The van der Waals surface area contributed by atoms with Gasteiger partial charge in [0.05, 0.1) is 0 Å². The van der Waals surface area contributed by atoms with Crippen molar-refractivity contribution in [3.05, 3.63) is 71.5 Å². The number of nitrogens with zero attached hydrogens (tertiary/aromatic N) is 2. The highest BCUT2D eigenvalue weighted by molar-refractivity contribution is 5.53. The van der Waals surface area contributed by atoms with Gasteiger partial charge in [-0.25, -0.2) is 0 Å². The molecule has 0 radical (unpaired) electrons. The van der Waals surface area contributed by atoms with Gasteiger partial charge in [-0.15, -0.1) is 0 Å². The molecule has 1 aromatic heterocycles. The number of hydrogen-bond acceptors (Lipinski definition) is 3. The molecule has 0 saturated carbocycles. The molecule has 2 aromatic carbocycles. The maximum atomic E-state index is 5.32. The molecule has 3 heteroatoms. The molecule has 0 bridgehead atoms. The Morgan fingerprint density at radius 3 is 2.63 bits per heavy atom. The molecule has 0 atom stereocenters. The summed E-state index contributed by atoms with van der Waals surface area (Å²) in [4.78, 5) is 4.44. The summed E-state index contributed by atoms with van der Waals surface area (Å²) in [7, 11) is 0. The van der Waals surface area contributed by atoms with Crippen LogP contribution in [0.2, 0.25) is 0 Å². The Balaban J connectivity index is 1.84. The highest BCUT2D eigenvalue weighted by Gasteiger charge is 2.09. The first kappa shape index (κ1) is 11.7. The van der Waals surface area contributed by atoms with Gasteiger partial charge in [-0.1, -0.05) is 53.2 Å². The van der Waals surface area contributed by atoms with Crippen molar-refractivity contribution in [2.75, 3.05) is 0 Å². The number of hydrogen-bond donors (Lipinski definition) is 0. The second kappa shape index (κ2) is 5.06. The number of aromatic nitrogens is 2. The molecule has 0 amide bonds. The lowest BCUT2D eigenvalue weighted by Gasteiger charge is -1.95. The van der Waals surface area contributed by atoms with Gasteiger partial charge in [0.2, 0.25) is 0 Å².